The SMILES string of the molecule is CNC(=O)CCSc1nc(N)nc(-c2cc(OCC#N)c(Cl)cc2Cl)n1. The molecular formula is C15H14Cl2N6O2S. The van der Waals surface area contributed by atoms with Crippen molar-refractivity contribution in [1.29, 1.82) is 5.26 Å². The third kappa shape index (κ3) is 5.36. The van der Waals surface area contributed by atoms with Crippen LogP contribution in [0.15, 0.2) is 17.3 Å². The Balaban J connectivity index is 2.30. The number of rotatable bonds is 7. The molecule has 2 aromatic rings. The number of carbonyl (C=O) groups is 1. The van der Waals surface area contributed by atoms with E-state index in [1.54, 1.807) is 7.05 Å². The number of nitrogens with zero attached hydrogens (tertiary/aromatic N) is 4. The molecule has 1 heterocycles. The first-order chi connectivity index (χ1) is 12.4. The number of amides is 1. The molecular weight excluding hydrogens is 399 g/mol. The minimum absolute atomic E-state index is 0.0166. The van der Waals surface area contributed by atoms with E-state index in [4.69, 9.17) is 38.9 Å². The fraction of sp³-hybridized carbons (Fsp3) is 0.267. The number of hydrogen-bond acceptors (Lipinski definition) is 8. The minimum atomic E-state index is -0.166. The first-order valence-corrected chi connectivity index (χ1v) is 9.02. The van der Waals surface area contributed by atoms with Gasteiger partial charge in [-0.25, -0.2) is 4.98 Å². The molecule has 0 aliphatic carbocycles. The molecule has 0 saturated heterocycles. The maximum absolute atomic E-state index is 11.3. The van der Waals surface area contributed by atoms with Crippen LogP contribution in [-0.2, 0) is 4.79 Å². The second-order valence-electron chi connectivity index (χ2n) is 4.78. The number of thioether (sulfide) groups is 1. The van der Waals surface area contributed by atoms with E-state index in [-0.39, 0.29) is 35.1 Å². The zero-order chi connectivity index (χ0) is 19.1. The summed E-state index contributed by atoms with van der Waals surface area (Å²) in [4.78, 5) is 23.7. The topological polar surface area (TPSA) is 127 Å². The van der Waals surface area contributed by atoms with Crippen LogP contribution in [0, 0.1) is 11.3 Å². The first kappa shape index (κ1) is 20.0. The predicted molar refractivity (Wildman–Crippen MR) is 100 cm³/mol. The average Bonchev–Trinajstić information content (AvgIpc) is 2.60. The normalized spacial score (nSPS) is 10.2. The Labute approximate surface area is 164 Å². The molecule has 11 heteroatoms. The zero-order valence-electron chi connectivity index (χ0n) is 13.6. The molecule has 1 aromatic heterocycles. The molecule has 136 valence electrons. The van der Waals surface area contributed by atoms with Gasteiger partial charge in [0.05, 0.1) is 10.0 Å². The molecule has 8 nitrogen and oxygen atoms in total. The number of ether oxygens (including phenoxy) is 1. The van der Waals surface area contributed by atoms with Gasteiger partial charge in [-0.1, -0.05) is 35.0 Å². The molecule has 0 fully saturated rings. The Kier molecular flexibility index (Phi) is 7.26. The maximum Gasteiger partial charge on any atom is 0.224 e. The van der Waals surface area contributed by atoms with Crippen LogP contribution in [0.3, 0.4) is 0 Å². The van der Waals surface area contributed by atoms with E-state index in [1.165, 1.54) is 23.9 Å². The molecule has 1 amide bonds. The van der Waals surface area contributed by atoms with Crippen LogP contribution in [0.2, 0.25) is 10.0 Å². The monoisotopic (exact) mass is 412 g/mol. The van der Waals surface area contributed by atoms with Crippen molar-refractivity contribution >= 4 is 46.8 Å². The van der Waals surface area contributed by atoms with E-state index in [1.807, 2.05) is 6.07 Å². The molecule has 2 rings (SSSR count). The molecule has 0 spiro atoms. The van der Waals surface area contributed by atoms with E-state index in [9.17, 15) is 4.79 Å². The van der Waals surface area contributed by atoms with Gasteiger partial charge in [0, 0.05) is 24.8 Å². The Morgan fingerprint density at radius 1 is 1.35 bits per heavy atom. The molecule has 0 saturated carbocycles. The van der Waals surface area contributed by atoms with Crippen molar-refractivity contribution in [3.8, 4) is 23.2 Å². The van der Waals surface area contributed by atoms with Crippen LogP contribution >= 0.6 is 35.0 Å². The number of nitrogens with two attached hydrogens (primary N) is 1. The van der Waals surface area contributed by atoms with Gasteiger partial charge in [-0.3, -0.25) is 4.79 Å². The second kappa shape index (κ2) is 9.43. The number of carbonyl (C=O) groups excluding carboxylic acids is 1. The zero-order valence-corrected chi connectivity index (χ0v) is 16.0. The molecule has 0 unspecified atom stereocenters. The highest BCUT2D eigenvalue weighted by atomic mass is 35.5. The lowest BCUT2D eigenvalue weighted by Gasteiger charge is -2.10. The highest BCUT2D eigenvalue weighted by Crippen LogP contribution is 2.36. The van der Waals surface area contributed by atoms with Crippen LogP contribution in [0.1, 0.15) is 6.42 Å². The van der Waals surface area contributed by atoms with E-state index >= 15 is 0 Å². The lowest BCUT2D eigenvalue weighted by Crippen LogP contribution is -2.17. The number of halogens is 2. The van der Waals surface area contributed by atoms with Gasteiger partial charge < -0.3 is 15.8 Å². The fourth-order valence-corrected chi connectivity index (χ4v) is 3.14. The van der Waals surface area contributed by atoms with Crippen LogP contribution in [0.5, 0.6) is 5.75 Å². The van der Waals surface area contributed by atoms with Crippen molar-refractivity contribution in [2.45, 2.75) is 11.6 Å². The number of aromatic nitrogens is 3. The van der Waals surface area contributed by atoms with E-state index < -0.39 is 0 Å². The van der Waals surface area contributed by atoms with E-state index in [2.05, 4.69) is 20.3 Å². The number of nitrogens with one attached hydrogen (secondary N) is 1. The first-order valence-electron chi connectivity index (χ1n) is 7.28. The van der Waals surface area contributed by atoms with Crippen LogP contribution in [0.25, 0.3) is 11.4 Å². The number of benzene rings is 1. The highest BCUT2D eigenvalue weighted by molar-refractivity contribution is 7.99. The van der Waals surface area contributed by atoms with Gasteiger partial charge in [0.25, 0.3) is 0 Å². The van der Waals surface area contributed by atoms with Gasteiger partial charge in [-0.05, 0) is 12.1 Å². The van der Waals surface area contributed by atoms with Crippen molar-refractivity contribution in [3.05, 3.63) is 22.2 Å². The highest BCUT2D eigenvalue weighted by Gasteiger charge is 2.15. The Bertz CT molecular complexity index is 859. The molecule has 26 heavy (non-hydrogen) atoms. The number of nitrogen functional groups attached to an aromatic ring is 1. The lowest BCUT2D eigenvalue weighted by molar-refractivity contribution is -0.120. The van der Waals surface area contributed by atoms with E-state index in [0.29, 0.717) is 27.9 Å². The lowest BCUT2D eigenvalue weighted by atomic mass is 10.2. The van der Waals surface area contributed by atoms with Gasteiger partial charge in [0.1, 0.15) is 11.8 Å². The predicted octanol–water partition coefficient (Wildman–Crippen LogP) is 2.56. The van der Waals surface area contributed by atoms with Gasteiger partial charge >= 0.3 is 0 Å². The summed E-state index contributed by atoms with van der Waals surface area (Å²) < 4.78 is 5.26. The summed E-state index contributed by atoms with van der Waals surface area (Å²) in [7, 11) is 1.57. The van der Waals surface area contributed by atoms with Crippen LogP contribution < -0.4 is 15.8 Å². The Morgan fingerprint density at radius 3 is 2.81 bits per heavy atom. The number of hydrogen-bond donors (Lipinski definition) is 2. The third-order valence-electron chi connectivity index (χ3n) is 3.03. The fourth-order valence-electron chi connectivity index (χ4n) is 1.84. The van der Waals surface area contributed by atoms with Gasteiger partial charge in [0.2, 0.25) is 11.9 Å². The largest absolute Gasteiger partial charge is 0.477 e. The molecule has 0 aliphatic rings. The standard InChI is InChI=1S/C15H14Cl2N6O2S/c1-20-12(24)2-5-26-15-22-13(21-14(19)23-15)8-6-11(25-4-3-18)10(17)7-9(8)16/h6-7H,2,4-5H2,1H3,(H,20,24)(H2,19,21,22,23). The van der Waals surface area contributed by atoms with Gasteiger partial charge in [-0.15, -0.1) is 0 Å². The van der Waals surface area contributed by atoms with E-state index in [0.717, 1.165) is 0 Å². The minimum Gasteiger partial charge on any atom is -0.477 e. The number of nitriles is 1. The van der Waals surface area contributed by atoms with Crippen LogP contribution in [-0.4, -0.2) is 40.3 Å². The molecule has 3 N–H and O–H groups in total. The quantitative estimate of drug-likeness (QED) is 0.663. The Hall–Kier alpha value is -2.28. The van der Waals surface area contributed by atoms with Crippen molar-refractivity contribution < 1.29 is 9.53 Å². The molecule has 1 aromatic carbocycles. The second-order valence-corrected chi connectivity index (χ2v) is 6.66. The maximum atomic E-state index is 11.3. The summed E-state index contributed by atoms with van der Waals surface area (Å²) in [5, 5.41) is 12.1. The molecule has 0 atom stereocenters. The van der Waals surface area contributed by atoms with Crippen LogP contribution in [0.4, 0.5) is 5.95 Å². The summed E-state index contributed by atoms with van der Waals surface area (Å²) in [6.45, 7) is -0.166. The smallest absolute Gasteiger partial charge is 0.224 e. The van der Waals surface area contributed by atoms with Crippen molar-refractivity contribution in [3.63, 3.8) is 0 Å². The Morgan fingerprint density at radius 2 is 2.12 bits per heavy atom. The van der Waals surface area contributed by atoms with Crippen molar-refractivity contribution in [1.82, 2.24) is 20.3 Å². The summed E-state index contributed by atoms with van der Waals surface area (Å²) in [5.41, 5.74) is 6.19. The molecule has 0 aliphatic heterocycles. The van der Waals surface area contributed by atoms with Crippen molar-refractivity contribution in [2.24, 2.45) is 0 Å². The summed E-state index contributed by atoms with van der Waals surface area (Å²) in [6, 6.07) is 4.87. The summed E-state index contributed by atoms with van der Waals surface area (Å²) >= 11 is 13.6. The summed E-state index contributed by atoms with van der Waals surface area (Å²) in [6.07, 6.45) is 0.315. The molecule has 0 bridgehead atoms. The van der Waals surface area contributed by atoms with Gasteiger partial charge in [-0.2, -0.15) is 15.2 Å². The number of anilines is 1. The van der Waals surface area contributed by atoms with Gasteiger partial charge in [0.15, 0.2) is 17.6 Å². The molecule has 0 radical (unpaired) electrons. The van der Waals surface area contributed by atoms with Crippen molar-refractivity contribution in [2.75, 3.05) is 25.1 Å². The summed E-state index contributed by atoms with van der Waals surface area (Å²) in [5.74, 6) is 0.930. The third-order valence-corrected chi connectivity index (χ3v) is 4.48. The average molecular weight is 413 g/mol.